The van der Waals surface area contributed by atoms with Gasteiger partial charge in [-0.1, -0.05) is 6.92 Å². The third kappa shape index (κ3) is 3.41. The van der Waals surface area contributed by atoms with E-state index in [-0.39, 0.29) is 18.2 Å². The molecule has 4 nitrogen and oxygen atoms in total. The zero-order valence-corrected chi connectivity index (χ0v) is 10.8. The number of nitrogens with one attached hydrogen (secondary N) is 1. The highest BCUT2D eigenvalue weighted by molar-refractivity contribution is 5.00. The second-order valence-corrected chi connectivity index (χ2v) is 5.27. The van der Waals surface area contributed by atoms with Gasteiger partial charge in [0.05, 0.1) is 31.5 Å². The van der Waals surface area contributed by atoms with Crippen LogP contribution in [0.2, 0.25) is 0 Å². The lowest BCUT2D eigenvalue weighted by molar-refractivity contribution is -0.0229. The topological polar surface area (TPSA) is 50.7 Å². The molecular formula is C13H25NO3. The van der Waals surface area contributed by atoms with E-state index in [0.29, 0.717) is 19.1 Å². The summed E-state index contributed by atoms with van der Waals surface area (Å²) in [6.45, 7) is 5.25. The number of rotatable bonds is 8. The second-order valence-electron chi connectivity index (χ2n) is 5.27. The molecule has 0 aromatic carbocycles. The Balaban J connectivity index is 1.75. The lowest BCUT2D eigenvalue weighted by Gasteiger charge is -2.33. The number of likely N-dealkylation sites (N-methyl/N-ethyl adjacent to an activating group) is 1. The average molecular weight is 243 g/mol. The summed E-state index contributed by atoms with van der Waals surface area (Å²) in [4.78, 5) is 0. The highest BCUT2D eigenvalue weighted by Crippen LogP contribution is 2.39. The van der Waals surface area contributed by atoms with Crippen LogP contribution >= 0.6 is 0 Å². The lowest BCUT2D eigenvalue weighted by atomic mass is 9.95. The predicted octanol–water partition coefficient (Wildman–Crippen LogP) is 0.933. The number of ether oxygens (including phenoxy) is 2. The minimum Gasteiger partial charge on any atom is -0.394 e. The first-order valence-corrected chi connectivity index (χ1v) is 6.86. The predicted molar refractivity (Wildman–Crippen MR) is 66.0 cm³/mol. The third-order valence-electron chi connectivity index (χ3n) is 3.86. The van der Waals surface area contributed by atoms with Gasteiger partial charge in [0.25, 0.3) is 0 Å². The van der Waals surface area contributed by atoms with Crippen LogP contribution in [0.5, 0.6) is 0 Å². The highest BCUT2D eigenvalue weighted by atomic mass is 16.5. The van der Waals surface area contributed by atoms with Gasteiger partial charge in [0, 0.05) is 6.61 Å². The molecule has 1 heterocycles. The molecule has 4 heteroatoms. The molecule has 1 saturated heterocycles. The van der Waals surface area contributed by atoms with Gasteiger partial charge in [-0.05, 0) is 38.1 Å². The number of aliphatic hydroxyl groups excluding tert-OH is 1. The minimum absolute atomic E-state index is 0.164. The summed E-state index contributed by atoms with van der Waals surface area (Å²) in [6.07, 6.45) is 4.94. The minimum atomic E-state index is -0.215. The maximum absolute atomic E-state index is 9.64. The van der Waals surface area contributed by atoms with E-state index in [9.17, 15) is 5.11 Å². The molecule has 1 aliphatic carbocycles. The van der Waals surface area contributed by atoms with Gasteiger partial charge in [-0.25, -0.2) is 0 Å². The molecule has 1 aliphatic heterocycles. The number of hydrogen-bond acceptors (Lipinski definition) is 4. The Labute approximate surface area is 104 Å². The van der Waals surface area contributed by atoms with Crippen LogP contribution in [0.4, 0.5) is 0 Å². The molecule has 100 valence electrons. The summed E-state index contributed by atoms with van der Waals surface area (Å²) in [6, 6.07) is 0. The molecule has 2 atom stereocenters. The molecule has 0 amide bonds. The molecule has 0 aromatic rings. The third-order valence-corrected chi connectivity index (χ3v) is 3.86. The number of hydrogen-bond donors (Lipinski definition) is 2. The summed E-state index contributed by atoms with van der Waals surface area (Å²) in [7, 11) is 0. The first kappa shape index (κ1) is 13.3. The Hall–Kier alpha value is -0.160. The van der Waals surface area contributed by atoms with E-state index < -0.39 is 0 Å². The van der Waals surface area contributed by atoms with Crippen molar-refractivity contribution < 1.29 is 14.6 Å². The summed E-state index contributed by atoms with van der Waals surface area (Å²) in [5.74, 6) is 0.581. The maximum Gasteiger partial charge on any atom is 0.0809 e. The molecule has 2 unspecified atom stereocenters. The van der Waals surface area contributed by atoms with E-state index in [4.69, 9.17) is 9.47 Å². The molecule has 2 N–H and O–H groups in total. The molecule has 1 saturated carbocycles. The Bertz CT molecular complexity index is 227. The standard InChI is InChI=1S/C13H25NO3/c1-2-14-13(9-15,11-5-6-11)10-16-8-12-4-3-7-17-12/h11-12,14-15H,2-10H2,1H3. The summed E-state index contributed by atoms with van der Waals surface area (Å²) < 4.78 is 11.3. The SMILES string of the molecule is CCNC(CO)(COCC1CCCO1)C1CC1. The van der Waals surface area contributed by atoms with Crippen LogP contribution in [0.15, 0.2) is 0 Å². The van der Waals surface area contributed by atoms with Crippen molar-refractivity contribution in [3.05, 3.63) is 0 Å². The summed E-state index contributed by atoms with van der Waals surface area (Å²) in [5.41, 5.74) is -0.215. The Morgan fingerprint density at radius 1 is 1.41 bits per heavy atom. The number of aliphatic hydroxyl groups is 1. The van der Waals surface area contributed by atoms with E-state index >= 15 is 0 Å². The fourth-order valence-corrected chi connectivity index (χ4v) is 2.68. The molecule has 2 fully saturated rings. The van der Waals surface area contributed by atoms with Gasteiger partial charge < -0.3 is 19.9 Å². The van der Waals surface area contributed by atoms with Crippen molar-refractivity contribution in [2.24, 2.45) is 5.92 Å². The summed E-state index contributed by atoms with van der Waals surface area (Å²) >= 11 is 0. The monoisotopic (exact) mass is 243 g/mol. The van der Waals surface area contributed by atoms with Gasteiger partial charge >= 0.3 is 0 Å². The molecular weight excluding hydrogens is 218 g/mol. The molecule has 2 aliphatic rings. The van der Waals surface area contributed by atoms with Crippen LogP contribution in [0.25, 0.3) is 0 Å². The zero-order chi connectivity index (χ0) is 12.1. The van der Waals surface area contributed by atoms with Crippen molar-refractivity contribution >= 4 is 0 Å². The van der Waals surface area contributed by atoms with Crippen LogP contribution in [-0.4, -0.2) is 49.7 Å². The average Bonchev–Trinajstić information content (AvgIpc) is 3.07. The van der Waals surface area contributed by atoms with Gasteiger partial charge in [-0.2, -0.15) is 0 Å². The molecule has 0 bridgehead atoms. The molecule has 2 rings (SSSR count). The fraction of sp³-hybridized carbons (Fsp3) is 1.00. The van der Waals surface area contributed by atoms with Gasteiger partial charge in [0.1, 0.15) is 0 Å². The van der Waals surface area contributed by atoms with Gasteiger partial charge in [0.15, 0.2) is 0 Å². The lowest BCUT2D eigenvalue weighted by Crippen LogP contribution is -2.54. The van der Waals surface area contributed by atoms with Crippen LogP contribution < -0.4 is 5.32 Å². The molecule has 0 spiro atoms. The van der Waals surface area contributed by atoms with Gasteiger partial charge in [0.2, 0.25) is 0 Å². The molecule has 0 radical (unpaired) electrons. The van der Waals surface area contributed by atoms with Crippen molar-refractivity contribution in [3.8, 4) is 0 Å². The van der Waals surface area contributed by atoms with Crippen molar-refractivity contribution in [3.63, 3.8) is 0 Å². The van der Waals surface area contributed by atoms with E-state index in [1.54, 1.807) is 0 Å². The van der Waals surface area contributed by atoms with Crippen LogP contribution in [0.1, 0.15) is 32.6 Å². The van der Waals surface area contributed by atoms with Crippen LogP contribution in [-0.2, 0) is 9.47 Å². The van der Waals surface area contributed by atoms with Crippen LogP contribution in [0.3, 0.4) is 0 Å². The van der Waals surface area contributed by atoms with E-state index in [2.05, 4.69) is 12.2 Å². The Kier molecular flexibility index (Phi) is 4.79. The first-order chi connectivity index (χ1) is 8.30. The molecule has 0 aromatic heterocycles. The van der Waals surface area contributed by atoms with Crippen molar-refractivity contribution in [1.82, 2.24) is 5.32 Å². The molecule has 17 heavy (non-hydrogen) atoms. The van der Waals surface area contributed by atoms with Gasteiger partial charge in [-0.3, -0.25) is 0 Å². The highest BCUT2D eigenvalue weighted by Gasteiger charge is 2.44. The normalized spacial score (nSPS) is 28.2. The maximum atomic E-state index is 9.64. The van der Waals surface area contributed by atoms with Crippen molar-refractivity contribution in [2.45, 2.75) is 44.2 Å². The van der Waals surface area contributed by atoms with Crippen molar-refractivity contribution in [2.75, 3.05) is 33.0 Å². The zero-order valence-electron chi connectivity index (χ0n) is 10.8. The Morgan fingerprint density at radius 2 is 2.24 bits per heavy atom. The second kappa shape index (κ2) is 6.14. The van der Waals surface area contributed by atoms with Crippen molar-refractivity contribution in [1.29, 1.82) is 0 Å². The van der Waals surface area contributed by atoms with E-state index in [1.807, 2.05) is 0 Å². The van der Waals surface area contributed by atoms with Crippen LogP contribution in [0, 0.1) is 5.92 Å². The first-order valence-electron chi connectivity index (χ1n) is 6.86. The van der Waals surface area contributed by atoms with E-state index in [1.165, 1.54) is 12.8 Å². The van der Waals surface area contributed by atoms with E-state index in [0.717, 1.165) is 26.0 Å². The smallest absolute Gasteiger partial charge is 0.0809 e. The largest absolute Gasteiger partial charge is 0.394 e. The van der Waals surface area contributed by atoms with Gasteiger partial charge in [-0.15, -0.1) is 0 Å². The fourth-order valence-electron chi connectivity index (χ4n) is 2.68. The quantitative estimate of drug-likeness (QED) is 0.666. The summed E-state index contributed by atoms with van der Waals surface area (Å²) in [5, 5.41) is 13.1. The Morgan fingerprint density at radius 3 is 2.76 bits per heavy atom.